The molecule has 2 heterocycles. The maximum Gasteiger partial charge on any atom is 0.246 e. The summed E-state index contributed by atoms with van der Waals surface area (Å²) in [7, 11) is -7.42. The van der Waals surface area contributed by atoms with Crippen LogP contribution in [0, 0.1) is 6.92 Å². The first-order valence-electron chi connectivity index (χ1n) is 9.76. The number of fused-ring (bicyclic) bond motifs is 1. The Kier molecular flexibility index (Phi) is 5.43. The van der Waals surface area contributed by atoms with E-state index in [2.05, 4.69) is 5.10 Å². The second kappa shape index (κ2) is 7.77. The fourth-order valence-electron chi connectivity index (χ4n) is 3.68. The highest BCUT2D eigenvalue weighted by Gasteiger charge is 2.35. The highest BCUT2D eigenvalue weighted by Crippen LogP contribution is 2.25. The number of benzene rings is 2. The molecule has 10 heteroatoms. The molecule has 0 N–H and O–H groups in total. The van der Waals surface area contributed by atoms with Crippen molar-refractivity contribution in [3.8, 4) is 0 Å². The van der Waals surface area contributed by atoms with Gasteiger partial charge in [0, 0.05) is 38.9 Å². The van der Waals surface area contributed by atoms with Crippen LogP contribution in [0.1, 0.15) is 12.6 Å². The summed E-state index contributed by atoms with van der Waals surface area (Å²) in [6, 6.07) is 12.6. The van der Waals surface area contributed by atoms with Gasteiger partial charge in [-0.05, 0) is 36.8 Å². The molecule has 0 amide bonds. The minimum absolute atomic E-state index is 0.103. The van der Waals surface area contributed by atoms with E-state index < -0.39 is 20.0 Å². The number of hydrogen-bond donors (Lipinski definition) is 0. The lowest BCUT2D eigenvalue weighted by Crippen LogP contribution is -2.50. The third-order valence-electron chi connectivity index (χ3n) is 5.40. The van der Waals surface area contributed by atoms with E-state index in [1.54, 1.807) is 29.8 Å². The maximum atomic E-state index is 13.1. The fourth-order valence-corrected chi connectivity index (χ4v) is 6.73. The van der Waals surface area contributed by atoms with Gasteiger partial charge in [-0.2, -0.15) is 13.7 Å². The Labute approximate surface area is 176 Å². The van der Waals surface area contributed by atoms with E-state index in [0.717, 1.165) is 10.8 Å². The van der Waals surface area contributed by atoms with Crippen LogP contribution in [0.15, 0.2) is 58.5 Å². The van der Waals surface area contributed by atoms with Crippen LogP contribution in [0.25, 0.3) is 10.8 Å². The van der Waals surface area contributed by atoms with Crippen molar-refractivity contribution >= 4 is 30.8 Å². The Morgan fingerprint density at radius 2 is 1.47 bits per heavy atom. The average Bonchev–Trinajstić information content (AvgIpc) is 3.15. The molecule has 1 saturated heterocycles. The molecule has 0 aliphatic carbocycles. The lowest BCUT2D eigenvalue weighted by molar-refractivity contribution is 0.272. The first kappa shape index (κ1) is 21.0. The van der Waals surface area contributed by atoms with Crippen molar-refractivity contribution in [2.45, 2.75) is 30.2 Å². The zero-order valence-corrected chi connectivity index (χ0v) is 18.5. The van der Waals surface area contributed by atoms with E-state index in [1.807, 2.05) is 31.2 Å². The first-order valence-corrected chi connectivity index (χ1v) is 12.6. The third kappa shape index (κ3) is 3.64. The molecule has 0 spiro atoms. The number of aromatic nitrogens is 2. The summed E-state index contributed by atoms with van der Waals surface area (Å²) >= 11 is 0. The standard InChI is InChI=1S/C20H24N4O4S2/c1-3-22-15-20(16(2)21-22)30(27,28)24-12-10-23(11-13-24)29(25,26)19-9-8-17-6-4-5-7-18(17)14-19/h4-9,14-15H,3,10-13H2,1-2H3. The van der Waals surface area contributed by atoms with Crippen LogP contribution in [0.3, 0.4) is 0 Å². The van der Waals surface area contributed by atoms with E-state index in [-0.39, 0.29) is 36.0 Å². The summed E-state index contributed by atoms with van der Waals surface area (Å²) in [6.45, 7) is 4.55. The monoisotopic (exact) mass is 448 g/mol. The van der Waals surface area contributed by atoms with E-state index in [4.69, 9.17) is 0 Å². The number of rotatable bonds is 5. The summed E-state index contributed by atoms with van der Waals surface area (Å²) in [5.74, 6) is 0. The molecular weight excluding hydrogens is 424 g/mol. The Hall–Kier alpha value is -2.27. The molecule has 8 nitrogen and oxygen atoms in total. The summed E-state index contributed by atoms with van der Waals surface area (Å²) in [5.41, 5.74) is 0.447. The number of piperazine rings is 1. The van der Waals surface area contributed by atoms with E-state index >= 15 is 0 Å². The highest BCUT2D eigenvalue weighted by molar-refractivity contribution is 7.89. The van der Waals surface area contributed by atoms with Crippen LogP contribution in [-0.2, 0) is 26.6 Å². The van der Waals surface area contributed by atoms with Gasteiger partial charge in [-0.3, -0.25) is 4.68 Å². The molecule has 0 atom stereocenters. The minimum atomic E-state index is -3.72. The molecule has 0 bridgehead atoms. The quantitative estimate of drug-likeness (QED) is 0.596. The van der Waals surface area contributed by atoms with Gasteiger partial charge < -0.3 is 0 Å². The molecular formula is C20H24N4O4S2. The van der Waals surface area contributed by atoms with Crippen molar-refractivity contribution in [1.82, 2.24) is 18.4 Å². The van der Waals surface area contributed by atoms with Gasteiger partial charge in [0.15, 0.2) is 0 Å². The minimum Gasteiger partial charge on any atom is -0.271 e. The van der Waals surface area contributed by atoms with Crippen molar-refractivity contribution in [1.29, 1.82) is 0 Å². The molecule has 3 aromatic rings. The summed E-state index contributed by atoms with van der Waals surface area (Å²) in [4.78, 5) is 0.396. The van der Waals surface area contributed by atoms with Gasteiger partial charge in [-0.15, -0.1) is 0 Å². The number of sulfonamides is 2. The largest absolute Gasteiger partial charge is 0.271 e. The van der Waals surface area contributed by atoms with E-state index in [9.17, 15) is 16.8 Å². The van der Waals surface area contributed by atoms with Crippen LogP contribution in [0.5, 0.6) is 0 Å². The molecule has 30 heavy (non-hydrogen) atoms. The van der Waals surface area contributed by atoms with Crippen molar-refractivity contribution < 1.29 is 16.8 Å². The molecule has 0 unspecified atom stereocenters. The third-order valence-corrected chi connectivity index (χ3v) is 9.30. The zero-order valence-electron chi connectivity index (χ0n) is 16.9. The summed E-state index contributed by atoms with van der Waals surface area (Å²) in [5, 5.41) is 6.03. The Bertz CT molecular complexity index is 1290. The lowest BCUT2D eigenvalue weighted by Gasteiger charge is -2.33. The maximum absolute atomic E-state index is 13.1. The Morgan fingerprint density at radius 1 is 0.867 bits per heavy atom. The Balaban J connectivity index is 1.53. The predicted octanol–water partition coefficient (Wildman–Crippen LogP) is 2.06. The van der Waals surface area contributed by atoms with Crippen LogP contribution in [0.2, 0.25) is 0 Å². The lowest BCUT2D eigenvalue weighted by atomic mass is 10.1. The van der Waals surface area contributed by atoms with E-state index in [1.165, 1.54) is 14.8 Å². The van der Waals surface area contributed by atoms with Gasteiger partial charge in [-0.1, -0.05) is 30.3 Å². The first-order chi connectivity index (χ1) is 14.2. The summed E-state index contributed by atoms with van der Waals surface area (Å²) in [6.07, 6.45) is 1.53. The smallest absolute Gasteiger partial charge is 0.246 e. The van der Waals surface area contributed by atoms with Crippen LogP contribution in [-0.4, -0.2) is 61.4 Å². The van der Waals surface area contributed by atoms with Crippen LogP contribution < -0.4 is 0 Å². The average molecular weight is 449 g/mol. The normalized spacial score (nSPS) is 16.9. The highest BCUT2D eigenvalue weighted by atomic mass is 32.2. The molecule has 0 radical (unpaired) electrons. The molecule has 4 rings (SSSR count). The van der Waals surface area contributed by atoms with Crippen LogP contribution >= 0.6 is 0 Å². The second-order valence-electron chi connectivity index (χ2n) is 7.25. The number of nitrogens with zero attached hydrogens (tertiary/aromatic N) is 4. The van der Waals surface area contributed by atoms with Crippen molar-refractivity contribution in [3.63, 3.8) is 0 Å². The number of hydrogen-bond acceptors (Lipinski definition) is 5. The van der Waals surface area contributed by atoms with Gasteiger partial charge in [0.05, 0.1) is 10.6 Å². The van der Waals surface area contributed by atoms with Gasteiger partial charge >= 0.3 is 0 Å². The fraction of sp³-hybridized carbons (Fsp3) is 0.350. The van der Waals surface area contributed by atoms with E-state index in [0.29, 0.717) is 12.2 Å². The number of aryl methyl sites for hydroxylation is 2. The van der Waals surface area contributed by atoms with Gasteiger partial charge in [0.25, 0.3) is 0 Å². The Morgan fingerprint density at radius 3 is 2.07 bits per heavy atom. The summed E-state index contributed by atoms with van der Waals surface area (Å²) < 4.78 is 56.5. The molecule has 0 saturated carbocycles. The van der Waals surface area contributed by atoms with Crippen molar-refractivity contribution in [3.05, 3.63) is 54.4 Å². The molecule has 2 aromatic carbocycles. The molecule has 1 aliphatic heterocycles. The van der Waals surface area contributed by atoms with Crippen molar-refractivity contribution in [2.24, 2.45) is 0 Å². The SMILES string of the molecule is CCn1cc(S(=O)(=O)N2CCN(S(=O)(=O)c3ccc4ccccc4c3)CC2)c(C)n1. The second-order valence-corrected chi connectivity index (χ2v) is 11.1. The topological polar surface area (TPSA) is 92.6 Å². The van der Waals surface area contributed by atoms with Gasteiger partial charge in [0.1, 0.15) is 4.90 Å². The van der Waals surface area contributed by atoms with Gasteiger partial charge in [0.2, 0.25) is 20.0 Å². The molecule has 1 aliphatic rings. The predicted molar refractivity (Wildman–Crippen MR) is 114 cm³/mol. The zero-order chi connectivity index (χ0) is 21.5. The van der Waals surface area contributed by atoms with Crippen molar-refractivity contribution in [2.75, 3.05) is 26.2 Å². The molecule has 1 aromatic heterocycles. The molecule has 1 fully saturated rings. The van der Waals surface area contributed by atoms with Gasteiger partial charge in [-0.25, -0.2) is 16.8 Å². The molecule has 160 valence electrons. The van der Waals surface area contributed by atoms with Crippen LogP contribution in [0.4, 0.5) is 0 Å².